The van der Waals surface area contributed by atoms with Crippen LogP contribution >= 0.6 is 0 Å². The zero-order chi connectivity index (χ0) is 99.5. The Morgan fingerprint density at radius 2 is 0.407 bits per heavy atom. The van der Waals surface area contributed by atoms with Gasteiger partial charge in [-0.3, -0.25) is 38.4 Å². The second kappa shape index (κ2) is 65.7. The molecule has 9 rings (SSSR count). The Balaban J connectivity index is 1.05. The molecular weight excluding hydrogens is 1760 g/mol. The van der Waals surface area contributed by atoms with Crippen LogP contribution in [-0.4, -0.2) is 270 Å². The lowest BCUT2D eigenvalue weighted by atomic mass is 10.0. The second-order valence-electron chi connectivity index (χ2n) is 36.2. The van der Waals surface area contributed by atoms with Gasteiger partial charge in [0.25, 0.3) is 23.6 Å². The standard InChI is InChI=1S/C108H162N24O8/c109-53-17-65-117-61-9-13-73-129(77-21-57-113)97(133)25-1-5-69-121-105(137)85-37-29-81(30-38-85)101-89-45-47-91(125-89)102(82-31-39-86(40-32-82)106(138)122-70-6-2-26-98(134)130(78-22-58-114)74-14-10-62-118-66-18-54-110)93-49-51-95(127-93)104(84-35-43-88(44-36-84)108(140)124-72-8-4-28-100(136)132(80-24-60-116)76-16-12-64-120-68-20-56-112)96-52-50-94(128-96)103(92-48-46-90(101)126-92)83-33-41-87(42-34-83)107(139)123-71-7-3-27-99(135)131(79-23-59-115)75-15-11-63-119-67-19-55-111/h29-52,117-120,125,128H,1-28,53-80,109-116H2,(H,121,137)(H,122,138)(H,123,139)(H,124,140). The number of hydrogen-bond acceptors (Lipinski definition) is 22. The van der Waals surface area contributed by atoms with Crippen molar-refractivity contribution in [3.8, 4) is 44.5 Å². The van der Waals surface area contributed by atoms with Crippen molar-refractivity contribution in [1.82, 2.24) is 82.1 Å². The Morgan fingerprint density at radius 3 is 0.607 bits per heavy atom. The lowest BCUT2D eigenvalue weighted by molar-refractivity contribution is -0.132. The average Bonchev–Trinajstić information content (AvgIpc) is 1.61. The van der Waals surface area contributed by atoms with Gasteiger partial charge < -0.3 is 118 Å². The first-order chi connectivity index (χ1) is 68.5. The van der Waals surface area contributed by atoms with E-state index in [4.69, 9.17) is 55.8 Å². The van der Waals surface area contributed by atoms with E-state index in [0.717, 1.165) is 200 Å². The van der Waals surface area contributed by atoms with Crippen molar-refractivity contribution in [3.63, 3.8) is 0 Å². The molecule has 32 nitrogen and oxygen atoms in total. The maximum absolute atomic E-state index is 14.1. The average molecular weight is 1920 g/mol. The number of carbonyl (C=O) groups is 8. The van der Waals surface area contributed by atoms with Crippen molar-refractivity contribution in [2.45, 2.75) is 180 Å². The summed E-state index contributed by atoms with van der Waals surface area (Å²) in [4.78, 5) is 137. The predicted molar refractivity (Wildman–Crippen MR) is 569 cm³/mol. The van der Waals surface area contributed by atoms with Gasteiger partial charge >= 0.3 is 0 Å². The highest BCUT2D eigenvalue weighted by Gasteiger charge is 2.25. The molecule has 26 N–H and O–H groups in total. The maximum Gasteiger partial charge on any atom is 0.251 e. The van der Waals surface area contributed by atoms with Crippen LogP contribution in [0, 0.1) is 0 Å². The first-order valence-corrected chi connectivity index (χ1v) is 51.8. The number of hydrogen-bond donors (Lipinski definition) is 18. The van der Waals surface area contributed by atoms with Crippen molar-refractivity contribution in [2.75, 3.05) is 183 Å². The SMILES string of the molecule is NCCCNCCCCN(CCCN)C(=O)CCCCNC(=O)c1ccc(-c2c3nc(c(-c4ccc(C(=O)NCCCCC(=O)N(CCCN)CCCCNCCCN)cc4)c4ccc([nH]4)c(-c4ccc(C(=O)NCCCCC(=O)N(CCCN)CCCCNCCCN)cc4)c4nc(c(-c5ccc(C(=O)NCCCCC(=O)N(CCCN)CCCCNCCCN)cc5)c5ccc2[nH]5)C=C4)C=C3)cc1. The summed E-state index contributed by atoms with van der Waals surface area (Å²) in [5.74, 6) is -0.668. The molecule has 2 aliphatic heterocycles. The van der Waals surface area contributed by atoms with Crippen LogP contribution in [0.5, 0.6) is 0 Å². The number of nitrogens with zero attached hydrogens (tertiary/aromatic N) is 6. The molecule has 8 amide bonds. The molecule has 0 fully saturated rings. The van der Waals surface area contributed by atoms with E-state index in [1.54, 1.807) is 48.5 Å². The van der Waals surface area contributed by atoms with E-state index in [-0.39, 0.29) is 47.3 Å². The summed E-state index contributed by atoms with van der Waals surface area (Å²) in [6.45, 7) is 18.2. The highest BCUT2D eigenvalue weighted by Crippen LogP contribution is 2.39. The number of nitrogens with two attached hydrogens (primary N) is 8. The van der Waals surface area contributed by atoms with Crippen LogP contribution in [0.25, 0.3) is 90.9 Å². The van der Waals surface area contributed by atoms with Crippen molar-refractivity contribution in [2.24, 2.45) is 45.9 Å². The Kier molecular flexibility index (Phi) is 52.7. The van der Waals surface area contributed by atoms with Gasteiger partial charge in [0.05, 0.1) is 22.8 Å². The van der Waals surface area contributed by atoms with Crippen molar-refractivity contribution in [3.05, 3.63) is 166 Å². The summed E-state index contributed by atoms with van der Waals surface area (Å²) in [5, 5.41) is 26.1. The number of carbonyl (C=O) groups excluding carboxylic acids is 8. The molecule has 0 saturated heterocycles. The summed E-state index contributed by atoms with van der Waals surface area (Å²) in [6, 6.07) is 37.8. The van der Waals surface area contributed by atoms with Gasteiger partial charge in [0.2, 0.25) is 23.6 Å². The van der Waals surface area contributed by atoms with Crippen LogP contribution < -0.4 is 88.4 Å². The molecule has 0 saturated carbocycles. The number of rotatable bonds is 72. The van der Waals surface area contributed by atoms with Crippen LogP contribution in [0.4, 0.5) is 0 Å². The summed E-state index contributed by atoms with van der Waals surface area (Å²) in [7, 11) is 0. The zero-order valence-corrected chi connectivity index (χ0v) is 83.0. The molecule has 0 unspecified atom stereocenters. The highest BCUT2D eigenvalue weighted by atomic mass is 16.2. The number of unbranched alkanes of at least 4 members (excludes halogenated alkanes) is 8. The fourth-order valence-electron chi connectivity index (χ4n) is 17.2. The molecule has 0 spiro atoms. The highest BCUT2D eigenvalue weighted by molar-refractivity contribution is 6.03. The van der Waals surface area contributed by atoms with E-state index in [1.807, 2.05) is 117 Å². The number of aromatic amines is 2. The molecule has 0 radical (unpaired) electrons. The van der Waals surface area contributed by atoms with Gasteiger partial charge in [0, 0.05) is 171 Å². The molecule has 5 heterocycles. The zero-order valence-electron chi connectivity index (χ0n) is 83.0. The molecule has 8 bridgehead atoms. The summed E-state index contributed by atoms with van der Waals surface area (Å²) in [6.07, 6.45) is 28.2. The smallest absolute Gasteiger partial charge is 0.251 e. The van der Waals surface area contributed by atoms with Gasteiger partial charge in [-0.05, 0) is 378 Å². The van der Waals surface area contributed by atoms with E-state index < -0.39 is 0 Å². The van der Waals surface area contributed by atoms with Gasteiger partial charge in [-0.15, -0.1) is 0 Å². The van der Waals surface area contributed by atoms with Crippen molar-refractivity contribution >= 4 is 93.6 Å². The van der Waals surface area contributed by atoms with E-state index in [9.17, 15) is 38.4 Å². The molecule has 0 aliphatic carbocycles. The molecule has 0 atom stereocenters. The minimum absolute atomic E-state index is 0.0884. The lowest BCUT2D eigenvalue weighted by Crippen LogP contribution is -2.34. The molecule has 140 heavy (non-hydrogen) atoms. The summed E-state index contributed by atoms with van der Waals surface area (Å²) < 4.78 is 0. The predicted octanol–water partition coefficient (Wildman–Crippen LogP) is 10.5. The monoisotopic (exact) mass is 1920 g/mol. The fraction of sp³-hybridized carbons (Fsp3) is 0.519. The van der Waals surface area contributed by atoms with E-state index in [0.29, 0.717) is 275 Å². The largest absolute Gasteiger partial charge is 0.354 e. The lowest BCUT2D eigenvalue weighted by Gasteiger charge is -2.22. The quantitative estimate of drug-likeness (QED) is 0.0157. The summed E-state index contributed by atoms with van der Waals surface area (Å²) in [5.41, 5.74) is 59.0. The number of aromatic nitrogens is 4. The third kappa shape index (κ3) is 38.3. The topological polar surface area (TPSA) is 511 Å². The van der Waals surface area contributed by atoms with Crippen LogP contribution in [-0.2, 0) is 19.2 Å². The van der Waals surface area contributed by atoms with Gasteiger partial charge in [0.1, 0.15) is 0 Å². The molecule has 2 aliphatic rings. The number of fused-ring (bicyclic) bond motifs is 8. The van der Waals surface area contributed by atoms with Gasteiger partial charge in [-0.25, -0.2) is 9.97 Å². The fourth-order valence-corrected chi connectivity index (χ4v) is 17.2. The number of benzene rings is 4. The van der Waals surface area contributed by atoms with Gasteiger partial charge in [-0.2, -0.15) is 0 Å². The third-order valence-electron chi connectivity index (χ3n) is 25.2. The van der Waals surface area contributed by atoms with Crippen LogP contribution in [0.2, 0.25) is 0 Å². The number of nitrogens with one attached hydrogen (secondary N) is 10. The maximum atomic E-state index is 14.1. The molecule has 4 aromatic carbocycles. The third-order valence-corrected chi connectivity index (χ3v) is 25.2. The normalized spacial score (nSPS) is 11.6. The minimum Gasteiger partial charge on any atom is -0.354 e. The summed E-state index contributed by atoms with van der Waals surface area (Å²) >= 11 is 0. The van der Waals surface area contributed by atoms with Gasteiger partial charge in [-0.1, -0.05) is 48.5 Å². The minimum atomic E-state index is -0.255. The van der Waals surface area contributed by atoms with E-state index >= 15 is 0 Å². The Labute approximate surface area is 829 Å². The Morgan fingerprint density at radius 1 is 0.221 bits per heavy atom. The Hall–Kier alpha value is -11.2. The molecule has 762 valence electrons. The van der Waals surface area contributed by atoms with Crippen LogP contribution in [0.1, 0.15) is 244 Å². The van der Waals surface area contributed by atoms with Crippen molar-refractivity contribution < 1.29 is 38.4 Å². The van der Waals surface area contributed by atoms with Gasteiger partial charge in [0.15, 0.2) is 0 Å². The first-order valence-electron chi connectivity index (χ1n) is 51.8. The first kappa shape index (κ1) is 112. The molecule has 32 heteroatoms. The molecule has 7 aromatic rings. The number of amides is 8. The van der Waals surface area contributed by atoms with E-state index in [2.05, 4.69) is 52.5 Å². The van der Waals surface area contributed by atoms with Crippen LogP contribution in [0.15, 0.2) is 121 Å². The number of H-pyrrole nitrogens is 2. The van der Waals surface area contributed by atoms with E-state index in [1.165, 1.54) is 0 Å². The molecular formula is C108H162N24O8. The second-order valence-corrected chi connectivity index (χ2v) is 36.2. The van der Waals surface area contributed by atoms with Crippen molar-refractivity contribution in [1.29, 1.82) is 0 Å². The molecule has 3 aromatic heterocycles. The Bertz CT molecular complexity index is 4520. The van der Waals surface area contributed by atoms with Crippen LogP contribution in [0.3, 0.4) is 0 Å².